The molecule has 2 aromatic rings. The number of carboxylic acids is 1. The summed E-state index contributed by atoms with van der Waals surface area (Å²) >= 11 is 5.98. The lowest BCUT2D eigenvalue weighted by Crippen LogP contribution is -2.34. The van der Waals surface area contributed by atoms with E-state index < -0.39 is 27.1 Å². The van der Waals surface area contributed by atoms with Gasteiger partial charge in [0.25, 0.3) is 10.0 Å². The van der Waals surface area contributed by atoms with Crippen LogP contribution in [0, 0.1) is 0 Å². The number of nitrogens with one attached hydrogen (secondary N) is 1. The van der Waals surface area contributed by atoms with Gasteiger partial charge >= 0.3 is 5.97 Å². The molecule has 1 aromatic carbocycles. The number of carboxylic acid groups (broad SMARTS) is 1. The number of nitrogens with zero attached hydrogens (tertiary/aromatic N) is 2. The highest BCUT2D eigenvalue weighted by Crippen LogP contribution is 2.35. The molecule has 24 heavy (non-hydrogen) atoms. The second-order valence-corrected chi connectivity index (χ2v) is 7.35. The first-order valence-electron chi connectivity index (χ1n) is 6.99. The van der Waals surface area contributed by atoms with Gasteiger partial charge in [-0.15, -0.1) is 0 Å². The van der Waals surface area contributed by atoms with Crippen LogP contribution in [0.15, 0.2) is 29.4 Å². The fraction of sp³-hybridized carbons (Fsp3) is 0.286. The number of carbonyl (C=O) groups is 1. The highest BCUT2D eigenvalue weighted by molar-refractivity contribution is 7.89. The van der Waals surface area contributed by atoms with Crippen LogP contribution in [0.4, 0.5) is 0 Å². The fourth-order valence-electron chi connectivity index (χ4n) is 2.62. The molecular formula is C14H14ClN3O5S. The van der Waals surface area contributed by atoms with Gasteiger partial charge < -0.3 is 9.84 Å². The lowest BCUT2D eigenvalue weighted by Gasteiger charge is -2.26. The Labute approximate surface area is 143 Å². The number of aryl methyl sites for hydroxylation is 1. The second kappa shape index (κ2) is 6.08. The van der Waals surface area contributed by atoms with Crippen molar-refractivity contribution in [3.05, 3.63) is 40.5 Å². The Morgan fingerprint density at radius 3 is 2.96 bits per heavy atom. The largest absolute Gasteiger partial charge is 0.493 e. The minimum Gasteiger partial charge on any atom is -0.493 e. The molecule has 0 bridgehead atoms. The maximum Gasteiger partial charge on any atom is 0.340 e. The zero-order valence-corrected chi connectivity index (χ0v) is 14.1. The third kappa shape index (κ3) is 2.97. The van der Waals surface area contributed by atoms with Crippen LogP contribution in [0.25, 0.3) is 0 Å². The predicted octanol–water partition coefficient (Wildman–Crippen LogP) is 1.57. The van der Waals surface area contributed by atoms with E-state index in [0.29, 0.717) is 29.4 Å². The number of aromatic nitrogens is 2. The Morgan fingerprint density at radius 2 is 2.25 bits per heavy atom. The van der Waals surface area contributed by atoms with Gasteiger partial charge in [0.05, 0.1) is 18.8 Å². The van der Waals surface area contributed by atoms with Crippen LogP contribution in [0.5, 0.6) is 5.75 Å². The molecule has 1 unspecified atom stereocenters. The first kappa shape index (κ1) is 16.7. The third-order valence-corrected chi connectivity index (χ3v) is 5.50. The van der Waals surface area contributed by atoms with Crippen molar-refractivity contribution in [3.63, 3.8) is 0 Å². The van der Waals surface area contributed by atoms with Gasteiger partial charge in [0.1, 0.15) is 11.3 Å². The maximum atomic E-state index is 12.7. The van der Waals surface area contributed by atoms with E-state index in [0.717, 1.165) is 10.9 Å². The minimum absolute atomic E-state index is 0.332. The number of ether oxygens (including phenoxy) is 1. The Morgan fingerprint density at radius 1 is 1.50 bits per heavy atom. The van der Waals surface area contributed by atoms with Crippen LogP contribution in [0.1, 0.15) is 28.4 Å². The Balaban J connectivity index is 1.99. The molecule has 0 aliphatic carbocycles. The van der Waals surface area contributed by atoms with Crippen LogP contribution < -0.4 is 9.46 Å². The van der Waals surface area contributed by atoms with Gasteiger partial charge in [-0.2, -0.15) is 5.10 Å². The summed E-state index contributed by atoms with van der Waals surface area (Å²) in [6, 6.07) is 4.38. The number of hydrogen-bond donors (Lipinski definition) is 2. The van der Waals surface area contributed by atoms with Gasteiger partial charge in [-0.3, -0.25) is 4.68 Å². The van der Waals surface area contributed by atoms with Gasteiger partial charge in [-0.1, -0.05) is 11.6 Å². The van der Waals surface area contributed by atoms with E-state index in [9.17, 15) is 13.2 Å². The lowest BCUT2D eigenvalue weighted by molar-refractivity contribution is 0.0692. The predicted molar refractivity (Wildman–Crippen MR) is 84.8 cm³/mol. The number of benzene rings is 1. The third-order valence-electron chi connectivity index (χ3n) is 3.68. The number of fused-ring (bicyclic) bond motifs is 1. The molecule has 1 aliphatic rings. The van der Waals surface area contributed by atoms with Gasteiger partial charge in [0, 0.05) is 24.1 Å². The van der Waals surface area contributed by atoms with Crippen molar-refractivity contribution in [1.82, 2.24) is 14.5 Å². The second-order valence-electron chi connectivity index (χ2n) is 5.29. The monoisotopic (exact) mass is 371 g/mol. The van der Waals surface area contributed by atoms with E-state index in [1.54, 1.807) is 18.2 Å². The van der Waals surface area contributed by atoms with E-state index >= 15 is 0 Å². The van der Waals surface area contributed by atoms with Crippen molar-refractivity contribution in [3.8, 4) is 5.75 Å². The van der Waals surface area contributed by atoms with Crippen molar-refractivity contribution in [2.24, 2.45) is 7.05 Å². The van der Waals surface area contributed by atoms with Crippen LogP contribution in [0.2, 0.25) is 5.02 Å². The summed E-state index contributed by atoms with van der Waals surface area (Å²) in [6.07, 6.45) is 1.40. The summed E-state index contributed by atoms with van der Waals surface area (Å²) in [4.78, 5) is 11.2. The van der Waals surface area contributed by atoms with Crippen LogP contribution in [-0.4, -0.2) is 35.9 Å². The van der Waals surface area contributed by atoms with E-state index in [1.807, 2.05) is 0 Å². The highest BCUT2D eigenvalue weighted by Gasteiger charge is 2.32. The molecule has 0 saturated carbocycles. The van der Waals surface area contributed by atoms with E-state index in [1.165, 1.54) is 7.05 Å². The summed E-state index contributed by atoms with van der Waals surface area (Å²) < 4.78 is 34.4. The van der Waals surface area contributed by atoms with Gasteiger partial charge in [0.2, 0.25) is 0 Å². The zero-order chi connectivity index (χ0) is 17.5. The van der Waals surface area contributed by atoms with Crippen molar-refractivity contribution >= 4 is 27.6 Å². The molecule has 2 N–H and O–H groups in total. The summed E-state index contributed by atoms with van der Waals surface area (Å²) in [5.74, 6) is -0.819. The number of aromatic carboxylic acids is 1. The Hall–Kier alpha value is -2.10. The topological polar surface area (TPSA) is 111 Å². The highest BCUT2D eigenvalue weighted by atomic mass is 35.5. The molecule has 10 heteroatoms. The van der Waals surface area contributed by atoms with E-state index in [4.69, 9.17) is 21.4 Å². The molecule has 0 fully saturated rings. The number of rotatable bonds is 4. The molecule has 0 radical (unpaired) electrons. The van der Waals surface area contributed by atoms with Gasteiger partial charge in [-0.25, -0.2) is 17.9 Å². The van der Waals surface area contributed by atoms with Gasteiger partial charge in [0.15, 0.2) is 5.03 Å². The van der Waals surface area contributed by atoms with Gasteiger partial charge in [-0.05, 0) is 18.2 Å². The van der Waals surface area contributed by atoms with Crippen molar-refractivity contribution in [2.75, 3.05) is 6.61 Å². The molecule has 3 rings (SSSR count). The standard InChI is InChI=1S/C14H14ClN3O5S/c1-18-13(10(7-16-18)14(19)20)24(21,22)17-11-4-5-23-12-3-2-8(15)6-9(11)12/h2-3,6-7,11,17H,4-5H2,1H3,(H,19,20). The van der Waals surface area contributed by atoms with Crippen LogP contribution in [-0.2, 0) is 17.1 Å². The van der Waals surface area contributed by atoms with Crippen molar-refractivity contribution < 1.29 is 23.1 Å². The molecule has 0 amide bonds. The first-order chi connectivity index (χ1) is 11.3. The lowest BCUT2D eigenvalue weighted by atomic mass is 10.0. The molecule has 8 nitrogen and oxygen atoms in total. The SMILES string of the molecule is Cn1ncc(C(=O)O)c1S(=O)(=O)NC1CCOc2ccc(Cl)cc21. The zero-order valence-electron chi connectivity index (χ0n) is 12.6. The first-order valence-corrected chi connectivity index (χ1v) is 8.85. The number of sulfonamides is 1. The fourth-order valence-corrected chi connectivity index (χ4v) is 4.36. The summed E-state index contributed by atoms with van der Waals surface area (Å²) in [5.41, 5.74) is 0.222. The Kier molecular flexibility index (Phi) is 4.24. The average molecular weight is 372 g/mol. The Bertz CT molecular complexity index is 909. The summed E-state index contributed by atoms with van der Waals surface area (Å²) in [6.45, 7) is 0.332. The molecule has 2 heterocycles. The van der Waals surface area contributed by atoms with Crippen LogP contribution >= 0.6 is 11.6 Å². The minimum atomic E-state index is -4.11. The molecule has 1 atom stereocenters. The normalized spacial score (nSPS) is 17.2. The molecule has 1 aliphatic heterocycles. The summed E-state index contributed by atoms with van der Waals surface area (Å²) in [7, 11) is -2.74. The average Bonchev–Trinajstić information content (AvgIpc) is 2.90. The molecule has 0 saturated heterocycles. The molecular weight excluding hydrogens is 358 g/mol. The van der Waals surface area contributed by atoms with Crippen molar-refractivity contribution in [2.45, 2.75) is 17.5 Å². The van der Waals surface area contributed by atoms with Crippen molar-refractivity contribution in [1.29, 1.82) is 0 Å². The van der Waals surface area contributed by atoms with Crippen LogP contribution in [0.3, 0.4) is 0 Å². The van der Waals surface area contributed by atoms with E-state index in [2.05, 4.69) is 9.82 Å². The molecule has 128 valence electrons. The summed E-state index contributed by atoms with van der Waals surface area (Å²) in [5, 5.41) is 12.9. The molecule has 1 aromatic heterocycles. The molecule has 0 spiro atoms. The smallest absolute Gasteiger partial charge is 0.340 e. The number of halogens is 1. The number of hydrogen-bond acceptors (Lipinski definition) is 5. The quantitative estimate of drug-likeness (QED) is 0.844. The maximum absolute atomic E-state index is 12.7. The van der Waals surface area contributed by atoms with E-state index in [-0.39, 0.29) is 5.56 Å².